The van der Waals surface area contributed by atoms with E-state index in [-0.39, 0.29) is 16.3 Å². The highest BCUT2D eigenvalue weighted by molar-refractivity contribution is 9.09. The average molecular weight is 302 g/mol. The molecule has 17 heavy (non-hydrogen) atoms. The smallest absolute Gasteiger partial charge is 0.255 e. The van der Waals surface area contributed by atoms with Gasteiger partial charge in [-0.05, 0) is 34.6 Å². The molecule has 4 heteroatoms. The number of carbonyl (C=O) groups is 1. The molecule has 0 fully saturated rings. The van der Waals surface area contributed by atoms with Crippen molar-refractivity contribution < 1.29 is 9.21 Å². The summed E-state index contributed by atoms with van der Waals surface area (Å²) >= 11 is 3.50. The number of aryl methyl sites for hydroxylation is 2. The summed E-state index contributed by atoms with van der Waals surface area (Å²) in [6, 6.07) is 0. The summed E-state index contributed by atoms with van der Waals surface area (Å²) in [5.74, 6) is 1.40. The quantitative estimate of drug-likeness (QED) is 0.868. The van der Waals surface area contributed by atoms with Crippen LogP contribution in [0, 0.1) is 20.8 Å². The van der Waals surface area contributed by atoms with Crippen LogP contribution >= 0.6 is 15.9 Å². The lowest BCUT2D eigenvalue weighted by Crippen LogP contribution is -2.49. The number of amides is 1. The molecular formula is C13H20BrNO2. The highest BCUT2D eigenvalue weighted by Gasteiger charge is 2.28. The molecule has 1 N–H and O–H groups in total. The van der Waals surface area contributed by atoms with Gasteiger partial charge >= 0.3 is 0 Å². The van der Waals surface area contributed by atoms with Crippen LogP contribution in [0.25, 0.3) is 0 Å². The Kier molecular flexibility index (Phi) is 4.07. The van der Waals surface area contributed by atoms with Gasteiger partial charge in [-0.3, -0.25) is 4.79 Å². The lowest BCUT2D eigenvalue weighted by molar-refractivity contribution is 0.0912. The van der Waals surface area contributed by atoms with E-state index in [2.05, 4.69) is 21.2 Å². The summed E-state index contributed by atoms with van der Waals surface area (Å²) < 4.78 is 5.47. The number of rotatable bonds is 3. The van der Waals surface area contributed by atoms with Crippen LogP contribution in [0.15, 0.2) is 4.42 Å². The molecular weight excluding hydrogens is 282 g/mol. The Bertz CT molecular complexity index is 433. The molecule has 0 aliphatic rings. The van der Waals surface area contributed by atoms with Gasteiger partial charge in [-0.1, -0.05) is 22.9 Å². The molecule has 0 aromatic carbocycles. The Morgan fingerprint density at radius 2 is 1.82 bits per heavy atom. The van der Waals surface area contributed by atoms with Gasteiger partial charge in [0.1, 0.15) is 11.5 Å². The van der Waals surface area contributed by atoms with Crippen molar-refractivity contribution >= 4 is 21.8 Å². The van der Waals surface area contributed by atoms with Crippen molar-refractivity contribution in [2.24, 2.45) is 0 Å². The van der Waals surface area contributed by atoms with Crippen molar-refractivity contribution in [2.75, 3.05) is 0 Å². The third-order valence-corrected chi connectivity index (χ3v) is 4.36. The van der Waals surface area contributed by atoms with E-state index in [0.717, 1.165) is 11.3 Å². The van der Waals surface area contributed by atoms with Crippen LogP contribution in [-0.4, -0.2) is 16.3 Å². The zero-order chi connectivity index (χ0) is 13.4. The first kappa shape index (κ1) is 14.3. The van der Waals surface area contributed by atoms with E-state index in [4.69, 9.17) is 4.42 Å². The molecule has 0 aliphatic heterocycles. The normalized spacial score (nSPS) is 13.6. The second-order valence-electron chi connectivity index (χ2n) is 5.01. The van der Waals surface area contributed by atoms with Crippen molar-refractivity contribution in [3.8, 4) is 0 Å². The number of alkyl halides is 1. The first-order chi connectivity index (χ1) is 7.66. The maximum absolute atomic E-state index is 12.2. The van der Waals surface area contributed by atoms with Crippen LogP contribution < -0.4 is 5.32 Å². The summed E-state index contributed by atoms with van der Waals surface area (Å²) in [7, 11) is 0. The van der Waals surface area contributed by atoms with E-state index in [0.29, 0.717) is 11.3 Å². The van der Waals surface area contributed by atoms with Crippen LogP contribution in [0.4, 0.5) is 0 Å². The minimum atomic E-state index is -0.304. The van der Waals surface area contributed by atoms with E-state index in [1.165, 1.54) is 0 Å². The van der Waals surface area contributed by atoms with Crippen LogP contribution in [0.1, 0.15) is 48.2 Å². The Hall–Kier alpha value is -0.770. The molecule has 0 aliphatic carbocycles. The Morgan fingerprint density at radius 1 is 1.29 bits per heavy atom. The summed E-state index contributed by atoms with van der Waals surface area (Å²) in [5, 5.41) is 3.02. The van der Waals surface area contributed by atoms with E-state index in [1.807, 2.05) is 41.5 Å². The molecule has 1 unspecified atom stereocenters. The summed E-state index contributed by atoms with van der Waals surface area (Å²) in [4.78, 5) is 12.4. The van der Waals surface area contributed by atoms with Gasteiger partial charge in [0.2, 0.25) is 0 Å². The second kappa shape index (κ2) is 4.84. The molecule has 1 aromatic heterocycles. The predicted molar refractivity (Wildman–Crippen MR) is 72.9 cm³/mol. The van der Waals surface area contributed by atoms with E-state index >= 15 is 0 Å². The maximum Gasteiger partial charge on any atom is 0.255 e. The number of furan rings is 1. The second-order valence-corrected chi connectivity index (χ2v) is 6.38. The molecule has 0 spiro atoms. The van der Waals surface area contributed by atoms with Gasteiger partial charge in [0.25, 0.3) is 5.91 Å². The van der Waals surface area contributed by atoms with Gasteiger partial charge < -0.3 is 9.73 Å². The van der Waals surface area contributed by atoms with Gasteiger partial charge in [-0.25, -0.2) is 0 Å². The monoisotopic (exact) mass is 301 g/mol. The molecule has 1 rings (SSSR count). The molecule has 96 valence electrons. The summed E-state index contributed by atoms with van der Waals surface area (Å²) in [6.07, 6.45) is 0. The zero-order valence-electron chi connectivity index (χ0n) is 11.3. The molecule has 1 atom stereocenters. The van der Waals surface area contributed by atoms with Gasteiger partial charge in [0, 0.05) is 15.9 Å². The van der Waals surface area contributed by atoms with Crippen molar-refractivity contribution in [3.63, 3.8) is 0 Å². The van der Waals surface area contributed by atoms with Crippen LogP contribution in [0.5, 0.6) is 0 Å². The standard InChI is InChI=1S/C13H20BrNO2/c1-7-8(2)17-9(3)11(7)12(16)15-13(5,6)10(4)14/h10H,1-6H3,(H,15,16). The Labute approximate surface area is 111 Å². The minimum Gasteiger partial charge on any atom is -0.466 e. The van der Waals surface area contributed by atoms with E-state index in [9.17, 15) is 4.79 Å². The number of hydrogen-bond acceptors (Lipinski definition) is 2. The highest BCUT2D eigenvalue weighted by Crippen LogP contribution is 2.23. The fourth-order valence-corrected chi connectivity index (χ4v) is 1.70. The Morgan fingerprint density at radius 3 is 2.18 bits per heavy atom. The molecule has 0 saturated carbocycles. The van der Waals surface area contributed by atoms with Crippen LogP contribution in [-0.2, 0) is 0 Å². The molecule has 1 heterocycles. The van der Waals surface area contributed by atoms with Gasteiger partial charge in [0.05, 0.1) is 5.56 Å². The van der Waals surface area contributed by atoms with Crippen LogP contribution in [0.3, 0.4) is 0 Å². The topological polar surface area (TPSA) is 42.2 Å². The molecule has 0 bridgehead atoms. The predicted octanol–water partition coefficient (Wildman–Crippen LogP) is 3.50. The lowest BCUT2D eigenvalue weighted by Gasteiger charge is -2.29. The first-order valence-corrected chi connectivity index (χ1v) is 6.61. The maximum atomic E-state index is 12.2. The molecule has 0 saturated heterocycles. The van der Waals surface area contributed by atoms with Crippen molar-refractivity contribution in [1.29, 1.82) is 0 Å². The molecule has 3 nitrogen and oxygen atoms in total. The molecule has 1 aromatic rings. The van der Waals surface area contributed by atoms with Gasteiger partial charge in [0.15, 0.2) is 0 Å². The summed E-state index contributed by atoms with van der Waals surface area (Å²) in [6.45, 7) is 11.6. The SMILES string of the molecule is Cc1oc(C)c(C(=O)NC(C)(C)C(C)Br)c1C. The van der Waals surface area contributed by atoms with Crippen molar-refractivity contribution in [3.05, 3.63) is 22.6 Å². The number of halogens is 1. The number of carbonyl (C=O) groups excluding carboxylic acids is 1. The minimum absolute atomic E-state index is 0.0758. The first-order valence-electron chi connectivity index (χ1n) is 5.70. The van der Waals surface area contributed by atoms with Crippen molar-refractivity contribution in [1.82, 2.24) is 5.32 Å². The average Bonchev–Trinajstić information content (AvgIpc) is 2.39. The van der Waals surface area contributed by atoms with Crippen molar-refractivity contribution in [2.45, 2.75) is 51.9 Å². The number of nitrogens with one attached hydrogen (secondary N) is 1. The Balaban J connectivity index is 2.99. The number of hydrogen-bond donors (Lipinski definition) is 1. The fraction of sp³-hybridized carbons (Fsp3) is 0.615. The van der Waals surface area contributed by atoms with Gasteiger partial charge in [-0.15, -0.1) is 0 Å². The molecule has 1 amide bonds. The van der Waals surface area contributed by atoms with E-state index in [1.54, 1.807) is 0 Å². The third-order valence-electron chi connectivity index (χ3n) is 3.22. The molecule has 0 radical (unpaired) electrons. The largest absolute Gasteiger partial charge is 0.466 e. The highest BCUT2D eigenvalue weighted by atomic mass is 79.9. The van der Waals surface area contributed by atoms with Crippen LogP contribution in [0.2, 0.25) is 0 Å². The zero-order valence-corrected chi connectivity index (χ0v) is 12.9. The summed E-state index contributed by atoms with van der Waals surface area (Å²) in [5.41, 5.74) is 1.27. The van der Waals surface area contributed by atoms with Gasteiger partial charge in [-0.2, -0.15) is 0 Å². The van der Waals surface area contributed by atoms with E-state index < -0.39 is 0 Å². The fourth-order valence-electron chi connectivity index (χ4n) is 1.58. The third kappa shape index (κ3) is 2.92. The lowest BCUT2D eigenvalue weighted by atomic mass is 10.0.